The Labute approximate surface area is 225 Å². The molecule has 1 aliphatic heterocycles. The lowest BCUT2D eigenvalue weighted by Crippen LogP contribution is -2.56. The quantitative estimate of drug-likeness (QED) is 0.238. The fraction of sp³-hybridized carbons (Fsp3) is 0.179. The van der Waals surface area contributed by atoms with Crippen LogP contribution in [0.15, 0.2) is 66.2 Å². The van der Waals surface area contributed by atoms with Gasteiger partial charge < -0.3 is 23.7 Å². The van der Waals surface area contributed by atoms with Gasteiger partial charge in [-0.3, -0.25) is 19.4 Å². The summed E-state index contributed by atoms with van der Waals surface area (Å²) in [6, 6.07) is 16.9. The van der Waals surface area contributed by atoms with Crippen molar-refractivity contribution in [1.82, 2.24) is 0 Å². The zero-order valence-corrected chi connectivity index (χ0v) is 22.3. The van der Waals surface area contributed by atoms with Crippen molar-refractivity contribution < 1.29 is 33.3 Å². The summed E-state index contributed by atoms with van der Waals surface area (Å²) in [7, 11) is 7.57. The van der Waals surface area contributed by atoms with Crippen LogP contribution in [0.25, 0.3) is 6.08 Å². The predicted octanol–water partition coefficient (Wildman–Crippen LogP) is 4.48. The molecule has 0 aromatic heterocycles. The topological polar surface area (TPSA) is 86.8 Å². The van der Waals surface area contributed by atoms with Gasteiger partial charge in [0, 0.05) is 0 Å². The highest BCUT2D eigenvalue weighted by atomic mass is 32.1. The van der Waals surface area contributed by atoms with Gasteiger partial charge in [-0.2, -0.15) is 0 Å². The number of benzene rings is 3. The highest BCUT2D eigenvalue weighted by molar-refractivity contribution is 7.81. The molecule has 0 N–H and O–H groups in total. The predicted molar refractivity (Wildman–Crippen MR) is 148 cm³/mol. The molecule has 0 aliphatic carbocycles. The van der Waals surface area contributed by atoms with Gasteiger partial charge in [-0.15, -0.1) is 0 Å². The van der Waals surface area contributed by atoms with Crippen LogP contribution >= 0.6 is 12.2 Å². The second kappa shape index (κ2) is 11.2. The van der Waals surface area contributed by atoms with Crippen molar-refractivity contribution in [3.05, 3.63) is 71.8 Å². The summed E-state index contributed by atoms with van der Waals surface area (Å²) in [5.41, 5.74) is 1.33. The average molecular weight is 535 g/mol. The Morgan fingerprint density at radius 2 is 1.05 bits per heavy atom. The van der Waals surface area contributed by atoms with Crippen molar-refractivity contribution in [2.45, 2.75) is 0 Å². The molecule has 2 amide bonds. The van der Waals surface area contributed by atoms with Crippen molar-refractivity contribution in [3.63, 3.8) is 0 Å². The van der Waals surface area contributed by atoms with Gasteiger partial charge in [0.05, 0.1) is 46.9 Å². The SMILES string of the molecule is COc1ccc(N2C(=O)C(=Cc3cc(OC)c(OC)c(OC)c3)C(=O)N(c3ccc(OC)cc3)C2=S)cc1. The van der Waals surface area contributed by atoms with E-state index in [1.807, 2.05) is 0 Å². The highest BCUT2D eigenvalue weighted by Crippen LogP contribution is 2.39. The molecule has 3 aromatic carbocycles. The molecule has 3 aromatic rings. The van der Waals surface area contributed by atoms with Crippen LogP contribution < -0.4 is 33.5 Å². The van der Waals surface area contributed by atoms with E-state index >= 15 is 0 Å². The van der Waals surface area contributed by atoms with E-state index < -0.39 is 11.8 Å². The fourth-order valence-electron chi connectivity index (χ4n) is 4.00. The number of thiocarbonyl (C=S) groups is 1. The summed E-state index contributed by atoms with van der Waals surface area (Å²) >= 11 is 5.68. The summed E-state index contributed by atoms with van der Waals surface area (Å²) in [5, 5.41) is 0.0115. The molecule has 196 valence electrons. The van der Waals surface area contributed by atoms with Crippen LogP contribution in [0, 0.1) is 0 Å². The van der Waals surface area contributed by atoms with E-state index in [0.29, 0.717) is 45.7 Å². The number of carbonyl (C=O) groups is 2. The molecule has 4 rings (SSSR count). The van der Waals surface area contributed by atoms with Gasteiger partial charge in [0.15, 0.2) is 16.6 Å². The molecule has 1 fully saturated rings. The van der Waals surface area contributed by atoms with Gasteiger partial charge in [0.25, 0.3) is 11.8 Å². The van der Waals surface area contributed by atoms with Gasteiger partial charge in [0.1, 0.15) is 17.1 Å². The van der Waals surface area contributed by atoms with Crippen molar-refractivity contribution in [2.24, 2.45) is 0 Å². The number of carbonyl (C=O) groups excluding carboxylic acids is 2. The molecule has 10 heteroatoms. The first kappa shape index (κ1) is 26.5. The minimum atomic E-state index is -0.580. The molecular weight excluding hydrogens is 508 g/mol. The van der Waals surface area contributed by atoms with Crippen LogP contribution in [0.3, 0.4) is 0 Å². The molecular formula is C28H26N2O7S. The van der Waals surface area contributed by atoms with E-state index in [1.54, 1.807) is 74.9 Å². The number of rotatable bonds is 8. The first-order valence-electron chi connectivity index (χ1n) is 11.4. The van der Waals surface area contributed by atoms with E-state index in [4.69, 9.17) is 35.9 Å². The van der Waals surface area contributed by atoms with E-state index in [-0.39, 0.29) is 10.7 Å². The Hall–Kier alpha value is -4.57. The molecule has 1 aliphatic rings. The molecule has 0 spiro atoms. The maximum absolute atomic E-state index is 13.8. The Balaban J connectivity index is 1.88. The molecule has 38 heavy (non-hydrogen) atoms. The van der Waals surface area contributed by atoms with Crippen LogP contribution in [-0.2, 0) is 9.59 Å². The van der Waals surface area contributed by atoms with Crippen molar-refractivity contribution >= 4 is 46.6 Å². The third-order valence-electron chi connectivity index (χ3n) is 5.91. The van der Waals surface area contributed by atoms with Gasteiger partial charge in [0.2, 0.25) is 5.75 Å². The zero-order chi connectivity index (χ0) is 27.4. The summed E-state index contributed by atoms with van der Waals surface area (Å²) in [5.74, 6) is 1.21. The maximum atomic E-state index is 13.8. The number of methoxy groups -OCH3 is 5. The number of amides is 2. The summed E-state index contributed by atoms with van der Waals surface area (Å²) in [6.45, 7) is 0. The first-order valence-corrected chi connectivity index (χ1v) is 11.8. The normalized spacial score (nSPS) is 13.4. The molecule has 0 bridgehead atoms. The van der Waals surface area contributed by atoms with Crippen LogP contribution in [0.2, 0.25) is 0 Å². The number of nitrogens with zero attached hydrogens (tertiary/aromatic N) is 2. The smallest absolute Gasteiger partial charge is 0.270 e. The first-order chi connectivity index (χ1) is 18.4. The van der Waals surface area contributed by atoms with E-state index in [9.17, 15) is 9.59 Å². The second-order valence-electron chi connectivity index (χ2n) is 7.98. The van der Waals surface area contributed by atoms with E-state index in [2.05, 4.69) is 0 Å². The number of hydrogen-bond acceptors (Lipinski definition) is 8. The third-order valence-corrected chi connectivity index (χ3v) is 6.27. The summed E-state index contributed by atoms with van der Waals surface area (Å²) < 4.78 is 26.7. The third kappa shape index (κ3) is 4.85. The Bertz CT molecular complexity index is 1310. The lowest BCUT2D eigenvalue weighted by Gasteiger charge is -2.36. The zero-order valence-electron chi connectivity index (χ0n) is 21.5. The number of hydrogen-bond donors (Lipinski definition) is 0. The standard InChI is InChI=1S/C28H26N2O7S/c1-33-20-10-6-18(7-11-20)29-26(31)22(14-17-15-23(35-3)25(37-5)24(16-17)36-4)27(32)30(28(29)38)19-8-12-21(34-2)13-9-19/h6-16H,1-5H3. The number of ether oxygens (including phenoxy) is 5. The Kier molecular flexibility index (Phi) is 7.82. The van der Waals surface area contributed by atoms with Crippen LogP contribution in [0.1, 0.15) is 5.56 Å². The minimum absolute atomic E-state index is 0.0115. The van der Waals surface area contributed by atoms with Crippen molar-refractivity contribution in [1.29, 1.82) is 0 Å². The monoisotopic (exact) mass is 534 g/mol. The van der Waals surface area contributed by atoms with Gasteiger partial charge in [-0.1, -0.05) is 0 Å². The van der Waals surface area contributed by atoms with E-state index in [0.717, 1.165) is 0 Å². The molecule has 0 saturated carbocycles. The van der Waals surface area contributed by atoms with Crippen molar-refractivity contribution in [3.8, 4) is 28.7 Å². The molecule has 1 saturated heterocycles. The lowest BCUT2D eigenvalue weighted by molar-refractivity contribution is -0.120. The van der Waals surface area contributed by atoms with Crippen molar-refractivity contribution in [2.75, 3.05) is 45.3 Å². The average Bonchev–Trinajstić information content (AvgIpc) is 2.95. The molecule has 0 atom stereocenters. The Morgan fingerprint density at radius 1 is 0.632 bits per heavy atom. The number of anilines is 2. The van der Waals surface area contributed by atoms with Crippen LogP contribution in [0.4, 0.5) is 11.4 Å². The lowest BCUT2D eigenvalue weighted by atomic mass is 10.0. The maximum Gasteiger partial charge on any atom is 0.270 e. The fourth-order valence-corrected chi connectivity index (χ4v) is 4.38. The highest BCUT2D eigenvalue weighted by Gasteiger charge is 2.41. The van der Waals surface area contributed by atoms with Gasteiger partial charge >= 0.3 is 0 Å². The molecule has 9 nitrogen and oxygen atoms in total. The Morgan fingerprint density at radius 3 is 1.39 bits per heavy atom. The molecule has 0 unspecified atom stereocenters. The summed E-state index contributed by atoms with van der Waals surface area (Å²) in [4.78, 5) is 30.2. The van der Waals surface area contributed by atoms with E-state index in [1.165, 1.54) is 37.2 Å². The minimum Gasteiger partial charge on any atom is -0.497 e. The molecule has 0 radical (unpaired) electrons. The van der Waals surface area contributed by atoms with Crippen LogP contribution in [0.5, 0.6) is 28.7 Å². The second-order valence-corrected chi connectivity index (χ2v) is 8.34. The largest absolute Gasteiger partial charge is 0.497 e. The van der Waals surface area contributed by atoms with Crippen LogP contribution in [-0.4, -0.2) is 52.5 Å². The van der Waals surface area contributed by atoms with Gasteiger partial charge in [-0.05, 0) is 84.5 Å². The van der Waals surface area contributed by atoms with Gasteiger partial charge in [-0.25, -0.2) is 0 Å². The molecule has 1 heterocycles. The summed E-state index contributed by atoms with van der Waals surface area (Å²) in [6.07, 6.45) is 1.48.